The first-order valence-corrected chi connectivity index (χ1v) is 8.39. The maximum Gasteiger partial charge on any atom is 0.270 e. The van der Waals surface area contributed by atoms with E-state index < -0.39 is 0 Å². The molecule has 1 aromatic heterocycles. The van der Waals surface area contributed by atoms with Crippen molar-refractivity contribution in [3.8, 4) is 17.3 Å². The monoisotopic (exact) mass is 313 g/mol. The summed E-state index contributed by atoms with van der Waals surface area (Å²) in [5.41, 5.74) is 2.02. The Kier molecular flexibility index (Phi) is 5.79. The van der Waals surface area contributed by atoms with Crippen LogP contribution in [0.25, 0.3) is 11.3 Å². The van der Waals surface area contributed by atoms with Gasteiger partial charge in [-0.2, -0.15) is 5.26 Å². The van der Waals surface area contributed by atoms with Gasteiger partial charge >= 0.3 is 0 Å². The molecular weight excluding hydrogens is 294 g/mol. The molecule has 5 heteroatoms. The fraction of sp³-hybridized carbons (Fsp3) is 0.353. The van der Waals surface area contributed by atoms with Crippen molar-refractivity contribution in [1.29, 1.82) is 5.26 Å². The first-order valence-electron chi connectivity index (χ1n) is 7.40. The molecule has 22 heavy (non-hydrogen) atoms. The summed E-state index contributed by atoms with van der Waals surface area (Å²) in [4.78, 5) is 19.4. The highest BCUT2D eigenvalue weighted by Gasteiger charge is 2.14. The van der Waals surface area contributed by atoms with Gasteiger partial charge in [0.25, 0.3) is 5.56 Å². The molecule has 0 aliphatic rings. The number of aryl methyl sites for hydroxylation is 1. The Morgan fingerprint density at radius 1 is 1.32 bits per heavy atom. The average Bonchev–Trinajstić information content (AvgIpc) is 2.51. The van der Waals surface area contributed by atoms with Gasteiger partial charge in [0.05, 0.1) is 5.69 Å². The van der Waals surface area contributed by atoms with Gasteiger partial charge in [-0.1, -0.05) is 55.8 Å². The highest BCUT2D eigenvalue weighted by atomic mass is 32.2. The second-order valence-electron chi connectivity index (χ2n) is 5.08. The van der Waals surface area contributed by atoms with Gasteiger partial charge < -0.3 is 4.98 Å². The highest BCUT2D eigenvalue weighted by molar-refractivity contribution is 7.99. The Morgan fingerprint density at radius 2 is 2.09 bits per heavy atom. The largest absolute Gasteiger partial charge is 0.300 e. The third-order valence-electron chi connectivity index (χ3n) is 3.40. The van der Waals surface area contributed by atoms with Crippen molar-refractivity contribution in [1.82, 2.24) is 9.97 Å². The van der Waals surface area contributed by atoms with Crippen LogP contribution in [0, 0.1) is 18.3 Å². The van der Waals surface area contributed by atoms with E-state index in [1.165, 1.54) is 11.8 Å². The molecule has 2 rings (SSSR count). The van der Waals surface area contributed by atoms with Crippen LogP contribution in [0.1, 0.15) is 37.3 Å². The van der Waals surface area contributed by atoms with Gasteiger partial charge in [0, 0.05) is 11.3 Å². The minimum absolute atomic E-state index is 0.0761. The summed E-state index contributed by atoms with van der Waals surface area (Å²) in [6, 6.07) is 9.64. The quantitative estimate of drug-likeness (QED) is 0.499. The molecule has 0 aliphatic heterocycles. The lowest BCUT2D eigenvalue weighted by molar-refractivity contribution is 0.777. The van der Waals surface area contributed by atoms with E-state index in [1.54, 1.807) is 0 Å². The lowest BCUT2D eigenvalue weighted by Gasteiger charge is -2.08. The molecule has 114 valence electrons. The van der Waals surface area contributed by atoms with Gasteiger partial charge in [0.1, 0.15) is 11.6 Å². The molecule has 1 aromatic carbocycles. The maximum atomic E-state index is 12.1. The molecule has 0 amide bonds. The van der Waals surface area contributed by atoms with Crippen LogP contribution in [0.3, 0.4) is 0 Å². The van der Waals surface area contributed by atoms with Crippen molar-refractivity contribution < 1.29 is 0 Å². The van der Waals surface area contributed by atoms with E-state index in [9.17, 15) is 10.1 Å². The molecule has 0 aliphatic carbocycles. The van der Waals surface area contributed by atoms with E-state index in [0.717, 1.165) is 36.1 Å². The average molecular weight is 313 g/mol. The molecule has 0 bridgehead atoms. The number of aromatic amines is 1. The number of nitrogens with zero attached hydrogens (tertiary/aromatic N) is 2. The molecule has 1 heterocycles. The van der Waals surface area contributed by atoms with E-state index in [-0.39, 0.29) is 11.1 Å². The third-order valence-corrected chi connectivity index (χ3v) is 4.36. The van der Waals surface area contributed by atoms with Crippen LogP contribution < -0.4 is 5.56 Å². The Labute approximate surface area is 134 Å². The van der Waals surface area contributed by atoms with E-state index in [0.29, 0.717) is 10.9 Å². The molecule has 0 saturated carbocycles. The van der Waals surface area contributed by atoms with Crippen molar-refractivity contribution in [3.63, 3.8) is 0 Å². The van der Waals surface area contributed by atoms with Crippen molar-refractivity contribution in [2.45, 2.75) is 38.3 Å². The van der Waals surface area contributed by atoms with Crippen LogP contribution in [0.5, 0.6) is 0 Å². The number of hydrogen-bond acceptors (Lipinski definition) is 4. The predicted octanol–water partition coefficient (Wildman–Crippen LogP) is 3.90. The number of nitrogens with one attached hydrogen (secondary N) is 1. The van der Waals surface area contributed by atoms with Crippen LogP contribution in [-0.2, 0) is 0 Å². The van der Waals surface area contributed by atoms with Crippen molar-refractivity contribution in [2.75, 3.05) is 5.75 Å². The van der Waals surface area contributed by atoms with Crippen LogP contribution in [0.2, 0.25) is 0 Å². The van der Waals surface area contributed by atoms with Gasteiger partial charge in [0.2, 0.25) is 0 Å². The number of benzene rings is 1. The number of rotatable bonds is 6. The fourth-order valence-corrected chi connectivity index (χ4v) is 3.04. The second-order valence-corrected chi connectivity index (χ2v) is 6.16. The maximum absolute atomic E-state index is 12.1. The minimum Gasteiger partial charge on any atom is -0.300 e. The molecule has 1 N–H and O–H groups in total. The molecule has 0 spiro atoms. The number of hydrogen-bond donors (Lipinski definition) is 1. The minimum atomic E-state index is -0.367. The first-order chi connectivity index (χ1) is 10.7. The van der Waals surface area contributed by atoms with Gasteiger partial charge in [-0.3, -0.25) is 4.79 Å². The zero-order valence-electron chi connectivity index (χ0n) is 12.8. The Balaban J connectivity index is 2.40. The normalized spacial score (nSPS) is 10.4. The highest BCUT2D eigenvalue weighted by Crippen LogP contribution is 2.25. The fourth-order valence-electron chi connectivity index (χ4n) is 2.18. The Bertz CT molecular complexity index is 746. The van der Waals surface area contributed by atoms with Crippen LogP contribution >= 0.6 is 11.8 Å². The topological polar surface area (TPSA) is 69.5 Å². The predicted molar refractivity (Wildman–Crippen MR) is 90.0 cm³/mol. The molecule has 0 saturated heterocycles. The number of unbranched alkanes of at least 4 members (excludes halogenated alkanes) is 2. The first kappa shape index (κ1) is 16.3. The number of aromatic nitrogens is 2. The van der Waals surface area contributed by atoms with Crippen molar-refractivity contribution in [2.24, 2.45) is 0 Å². The number of H-pyrrole nitrogens is 1. The van der Waals surface area contributed by atoms with Gasteiger partial charge in [-0.25, -0.2) is 4.98 Å². The summed E-state index contributed by atoms with van der Waals surface area (Å²) in [6.45, 7) is 4.11. The Hall–Kier alpha value is -2.06. The van der Waals surface area contributed by atoms with E-state index in [1.807, 2.05) is 37.3 Å². The standard InChI is InChI=1S/C17H19N3OS/c1-3-4-7-10-22-17-19-15(14(11-18)16(21)20-17)13-9-6-5-8-12(13)2/h5-6,8-9H,3-4,7,10H2,1-2H3,(H,19,20,21). The summed E-state index contributed by atoms with van der Waals surface area (Å²) in [5.74, 6) is 0.913. The van der Waals surface area contributed by atoms with E-state index >= 15 is 0 Å². The lowest BCUT2D eigenvalue weighted by Crippen LogP contribution is -2.15. The molecule has 0 fully saturated rings. The van der Waals surface area contributed by atoms with Crippen LogP contribution in [0.15, 0.2) is 34.2 Å². The summed E-state index contributed by atoms with van der Waals surface area (Å²) in [7, 11) is 0. The molecule has 0 radical (unpaired) electrons. The van der Waals surface area contributed by atoms with Crippen LogP contribution in [0.4, 0.5) is 0 Å². The summed E-state index contributed by atoms with van der Waals surface area (Å²) in [6.07, 6.45) is 3.41. The summed E-state index contributed by atoms with van der Waals surface area (Å²) >= 11 is 1.53. The summed E-state index contributed by atoms with van der Waals surface area (Å²) in [5, 5.41) is 9.85. The van der Waals surface area contributed by atoms with Gasteiger partial charge in [-0.15, -0.1) is 0 Å². The van der Waals surface area contributed by atoms with Gasteiger partial charge in [-0.05, 0) is 18.9 Å². The Morgan fingerprint density at radius 3 is 2.77 bits per heavy atom. The smallest absolute Gasteiger partial charge is 0.270 e. The molecular formula is C17H19N3OS. The SMILES string of the molecule is CCCCCSc1nc(-c2ccccc2C)c(C#N)c(=O)[nH]1. The molecule has 0 unspecified atom stereocenters. The second kappa shape index (κ2) is 7.81. The zero-order valence-corrected chi connectivity index (χ0v) is 13.7. The van der Waals surface area contributed by atoms with Crippen molar-refractivity contribution in [3.05, 3.63) is 45.7 Å². The zero-order chi connectivity index (χ0) is 15.9. The molecule has 0 atom stereocenters. The number of nitriles is 1. The molecule has 4 nitrogen and oxygen atoms in total. The lowest BCUT2D eigenvalue weighted by atomic mass is 10.0. The van der Waals surface area contributed by atoms with Crippen LogP contribution in [-0.4, -0.2) is 15.7 Å². The number of thioether (sulfide) groups is 1. The van der Waals surface area contributed by atoms with E-state index in [4.69, 9.17) is 0 Å². The van der Waals surface area contributed by atoms with E-state index in [2.05, 4.69) is 16.9 Å². The summed E-state index contributed by atoms with van der Waals surface area (Å²) < 4.78 is 0. The van der Waals surface area contributed by atoms with Gasteiger partial charge in [0.15, 0.2) is 5.16 Å². The third kappa shape index (κ3) is 3.77. The van der Waals surface area contributed by atoms with Crippen molar-refractivity contribution >= 4 is 11.8 Å². The molecule has 2 aromatic rings.